The molecule has 0 bridgehead atoms. The van der Waals surface area contributed by atoms with Gasteiger partial charge in [-0.15, -0.1) is 0 Å². The van der Waals surface area contributed by atoms with Crippen LogP contribution in [0.25, 0.3) is 0 Å². The summed E-state index contributed by atoms with van der Waals surface area (Å²) in [4.78, 5) is 8.09. The summed E-state index contributed by atoms with van der Waals surface area (Å²) >= 11 is 5.64. The Bertz CT molecular complexity index is 263. The van der Waals surface area contributed by atoms with Gasteiger partial charge in [0.05, 0.1) is 11.1 Å². The van der Waals surface area contributed by atoms with Crippen LogP contribution in [0.3, 0.4) is 0 Å². The van der Waals surface area contributed by atoms with Gasteiger partial charge < -0.3 is 5.11 Å². The van der Waals surface area contributed by atoms with Gasteiger partial charge in [0, 0.05) is 18.3 Å². The average molecular weight is 201 g/mol. The van der Waals surface area contributed by atoms with Crippen molar-refractivity contribution in [1.82, 2.24) is 9.97 Å². The van der Waals surface area contributed by atoms with Gasteiger partial charge in [-0.3, -0.25) is 0 Å². The highest BCUT2D eigenvalue weighted by Crippen LogP contribution is 2.17. The van der Waals surface area contributed by atoms with E-state index in [2.05, 4.69) is 9.97 Å². The van der Waals surface area contributed by atoms with E-state index >= 15 is 0 Å². The third-order valence-electron chi connectivity index (χ3n) is 2.04. The lowest BCUT2D eigenvalue weighted by Crippen LogP contribution is -2.16. The van der Waals surface area contributed by atoms with Crippen molar-refractivity contribution in [1.29, 1.82) is 0 Å². The fourth-order valence-corrected chi connectivity index (χ4v) is 1.18. The largest absolute Gasteiger partial charge is 0.392 e. The van der Waals surface area contributed by atoms with Crippen molar-refractivity contribution in [2.75, 3.05) is 0 Å². The molecular formula is C9H13ClN2O. The molecule has 0 saturated carbocycles. The van der Waals surface area contributed by atoms with Crippen LogP contribution in [0.15, 0.2) is 12.4 Å². The van der Waals surface area contributed by atoms with E-state index in [1.807, 2.05) is 13.8 Å². The van der Waals surface area contributed by atoms with Gasteiger partial charge in [-0.05, 0) is 6.42 Å². The molecule has 0 fully saturated rings. The van der Waals surface area contributed by atoms with Gasteiger partial charge >= 0.3 is 0 Å². The zero-order valence-corrected chi connectivity index (χ0v) is 8.49. The number of aromatic nitrogens is 2. The summed E-state index contributed by atoms with van der Waals surface area (Å²) in [5.74, 6) is 0.598. The van der Waals surface area contributed by atoms with E-state index in [9.17, 15) is 5.11 Å². The van der Waals surface area contributed by atoms with Crippen LogP contribution in [0.2, 0.25) is 5.02 Å². The minimum atomic E-state index is -0.388. The highest BCUT2D eigenvalue weighted by atomic mass is 35.5. The fourth-order valence-electron chi connectivity index (χ4n) is 1.08. The Kier molecular flexibility index (Phi) is 3.63. The molecule has 3 nitrogen and oxygen atoms in total. The maximum absolute atomic E-state index is 9.54. The number of halogens is 1. The number of aliphatic hydroxyl groups excluding tert-OH is 1. The smallest absolute Gasteiger partial charge is 0.133 e. The van der Waals surface area contributed by atoms with Gasteiger partial charge in [0.1, 0.15) is 5.82 Å². The molecule has 72 valence electrons. The van der Waals surface area contributed by atoms with Crippen LogP contribution < -0.4 is 0 Å². The SMILES string of the molecule is CCC(O)C(C)c1ncc(Cl)cn1. The van der Waals surface area contributed by atoms with E-state index in [-0.39, 0.29) is 12.0 Å². The first-order valence-electron chi connectivity index (χ1n) is 4.30. The third-order valence-corrected chi connectivity index (χ3v) is 2.24. The molecule has 1 N–H and O–H groups in total. The Labute approximate surface area is 82.8 Å². The summed E-state index contributed by atoms with van der Waals surface area (Å²) < 4.78 is 0. The van der Waals surface area contributed by atoms with Gasteiger partial charge in [0.15, 0.2) is 0 Å². The molecule has 13 heavy (non-hydrogen) atoms. The topological polar surface area (TPSA) is 46.0 Å². The maximum atomic E-state index is 9.54. The second kappa shape index (κ2) is 4.53. The van der Waals surface area contributed by atoms with E-state index in [1.165, 1.54) is 0 Å². The molecule has 0 aliphatic heterocycles. The van der Waals surface area contributed by atoms with Crippen LogP contribution in [-0.4, -0.2) is 21.2 Å². The molecule has 0 radical (unpaired) electrons. The van der Waals surface area contributed by atoms with Gasteiger partial charge in [-0.25, -0.2) is 9.97 Å². The standard InChI is InChI=1S/C9H13ClN2O/c1-3-8(13)6(2)9-11-4-7(10)5-12-9/h4-6,8,13H,3H2,1-2H3. The van der Waals surface area contributed by atoms with Crippen molar-refractivity contribution >= 4 is 11.6 Å². The van der Waals surface area contributed by atoms with Crippen LogP contribution in [0, 0.1) is 0 Å². The lowest BCUT2D eigenvalue weighted by molar-refractivity contribution is 0.142. The zero-order valence-electron chi connectivity index (χ0n) is 7.74. The van der Waals surface area contributed by atoms with E-state index in [0.717, 1.165) is 0 Å². The highest BCUT2D eigenvalue weighted by molar-refractivity contribution is 6.30. The van der Waals surface area contributed by atoms with E-state index in [4.69, 9.17) is 11.6 Å². The van der Waals surface area contributed by atoms with Gasteiger partial charge in [-0.1, -0.05) is 25.4 Å². The van der Waals surface area contributed by atoms with Crippen molar-refractivity contribution in [3.63, 3.8) is 0 Å². The third kappa shape index (κ3) is 2.64. The molecule has 0 amide bonds. The van der Waals surface area contributed by atoms with Gasteiger partial charge in [0.25, 0.3) is 0 Å². The van der Waals surface area contributed by atoms with E-state index in [0.29, 0.717) is 17.3 Å². The molecule has 1 heterocycles. The first-order valence-corrected chi connectivity index (χ1v) is 4.68. The van der Waals surface area contributed by atoms with E-state index in [1.54, 1.807) is 12.4 Å². The molecule has 0 aliphatic carbocycles. The Morgan fingerprint density at radius 2 is 2.00 bits per heavy atom. The van der Waals surface area contributed by atoms with Crippen molar-refractivity contribution in [3.8, 4) is 0 Å². The molecular weight excluding hydrogens is 188 g/mol. The van der Waals surface area contributed by atoms with Crippen LogP contribution in [-0.2, 0) is 0 Å². The summed E-state index contributed by atoms with van der Waals surface area (Å²) in [6.45, 7) is 3.83. The molecule has 0 aromatic carbocycles. The Balaban J connectivity index is 2.77. The molecule has 1 aromatic heterocycles. The first kappa shape index (κ1) is 10.4. The number of hydrogen-bond donors (Lipinski definition) is 1. The monoisotopic (exact) mass is 200 g/mol. The Hall–Kier alpha value is -0.670. The van der Waals surface area contributed by atoms with Crippen molar-refractivity contribution in [3.05, 3.63) is 23.2 Å². The molecule has 4 heteroatoms. The molecule has 2 unspecified atom stereocenters. The minimum absolute atomic E-state index is 0.0396. The number of nitrogens with zero attached hydrogens (tertiary/aromatic N) is 2. The molecule has 0 saturated heterocycles. The minimum Gasteiger partial charge on any atom is -0.392 e. The summed E-state index contributed by atoms with van der Waals surface area (Å²) in [5.41, 5.74) is 0. The van der Waals surface area contributed by atoms with Crippen LogP contribution in [0.1, 0.15) is 32.0 Å². The highest BCUT2D eigenvalue weighted by Gasteiger charge is 2.16. The lowest BCUT2D eigenvalue weighted by atomic mass is 10.0. The molecule has 1 rings (SSSR count). The lowest BCUT2D eigenvalue weighted by Gasteiger charge is -2.15. The quantitative estimate of drug-likeness (QED) is 0.812. The molecule has 2 atom stereocenters. The normalized spacial score (nSPS) is 15.4. The Morgan fingerprint density at radius 3 is 2.46 bits per heavy atom. The van der Waals surface area contributed by atoms with Gasteiger partial charge in [-0.2, -0.15) is 0 Å². The molecule has 0 spiro atoms. The number of hydrogen-bond acceptors (Lipinski definition) is 3. The summed E-state index contributed by atoms with van der Waals surface area (Å²) in [6.07, 6.45) is 3.40. The Morgan fingerprint density at radius 1 is 1.46 bits per heavy atom. The number of rotatable bonds is 3. The van der Waals surface area contributed by atoms with Crippen molar-refractivity contribution < 1.29 is 5.11 Å². The molecule has 1 aromatic rings. The second-order valence-corrected chi connectivity index (χ2v) is 3.46. The predicted molar refractivity (Wildman–Crippen MR) is 51.8 cm³/mol. The summed E-state index contributed by atoms with van der Waals surface area (Å²) in [5, 5.41) is 10.1. The van der Waals surface area contributed by atoms with Crippen LogP contribution in [0.5, 0.6) is 0 Å². The van der Waals surface area contributed by atoms with Crippen molar-refractivity contribution in [2.24, 2.45) is 0 Å². The molecule has 0 aliphatic rings. The summed E-state index contributed by atoms with van der Waals surface area (Å²) in [7, 11) is 0. The van der Waals surface area contributed by atoms with Crippen LogP contribution in [0.4, 0.5) is 0 Å². The predicted octanol–water partition coefficient (Wildman–Crippen LogP) is 2.00. The van der Waals surface area contributed by atoms with Gasteiger partial charge in [0.2, 0.25) is 0 Å². The zero-order chi connectivity index (χ0) is 9.84. The summed E-state index contributed by atoms with van der Waals surface area (Å²) in [6, 6.07) is 0. The second-order valence-electron chi connectivity index (χ2n) is 3.02. The average Bonchev–Trinajstić information content (AvgIpc) is 2.17. The maximum Gasteiger partial charge on any atom is 0.133 e. The fraction of sp³-hybridized carbons (Fsp3) is 0.556. The number of aliphatic hydroxyl groups is 1. The first-order chi connectivity index (χ1) is 6.15. The van der Waals surface area contributed by atoms with Crippen LogP contribution >= 0.6 is 11.6 Å². The van der Waals surface area contributed by atoms with E-state index < -0.39 is 0 Å². The van der Waals surface area contributed by atoms with Crippen molar-refractivity contribution in [2.45, 2.75) is 32.3 Å².